The molecule has 6 rings (SSSR count). The Morgan fingerprint density at radius 1 is 0.952 bits per heavy atom. The minimum absolute atomic E-state index is 0.00732. The SMILES string of the molecule is O=C(NC1CCCCC1)[C@H](c1ccco1)N(C(=O)Cn1nnc2ccccc21)c1ccc(S(=O)(=O)N2CCCC2)cc1. The zero-order chi connectivity index (χ0) is 29.1. The van der Waals surface area contributed by atoms with Gasteiger partial charge >= 0.3 is 0 Å². The molecular weight excluding hydrogens is 556 g/mol. The maximum Gasteiger partial charge on any atom is 0.251 e. The van der Waals surface area contributed by atoms with Crippen molar-refractivity contribution in [1.29, 1.82) is 0 Å². The second-order valence-electron chi connectivity index (χ2n) is 10.9. The zero-order valence-corrected chi connectivity index (χ0v) is 24.1. The van der Waals surface area contributed by atoms with E-state index in [0.717, 1.165) is 44.9 Å². The maximum atomic E-state index is 14.2. The van der Waals surface area contributed by atoms with Crippen LogP contribution in [-0.4, -0.2) is 58.7 Å². The number of nitrogens with one attached hydrogen (secondary N) is 1. The molecule has 0 radical (unpaired) electrons. The third-order valence-electron chi connectivity index (χ3n) is 8.06. The van der Waals surface area contributed by atoms with Gasteiger partial charge in [0, 0.05) is 24.8 Å². The molecule has 2 aromatic carbocycles. The van der Waals surface area contributed by atoms with Crippen molar-refractivity contribution < 1.29 is 22.4 Å². The minimum Gasteiger partial charge on any atom is -0.467 e. The number of hydrogen-bond acceptors (Lipinski definition) is 7. The number of sulfonamides is 1. The topological polar surface area (TPSA) is 131 Å². The molecule has 12 heteroatoms. The molecule has 0 bridgehead atoms. The van der Waals surface area contributed by atoms with Gasteiger partial charge in [0.2, 0.25) is 15.9 Å². The van der Waals surface area contributed by atoms with Crippen LogP contribution in [0.15, 0.2) is 76.2 Å². The lowest BCUT2D eigenvalue weighted by Crippen LogP contribution is -2.48. The number of fused-ring (bicyclic) bond motifs is 1. The maximum absolute atomic E-state index is 14.2. The standard InChI is InChI=1S/C30H34N6O5S/c37-28(21-35-26-12-5-4-11-25(26)32-33-35)36(23-14-16-24(17-15-23)42(39,40)34-18-6-7-19-34)29(27-13-8-20-41-27)30(38)31-22-9-2-1-3-10-22/h4-5,8,11-17,20,22,29H,1-3,6-7,9-10,18-19,21H2,(H,31,38)/t29-/m0/s1. The van der Waals surface area contributed by atoms with Crippen LogP contribution in [0.3, 0.4) is 0 Å². The highest BCUT2D eigenvalue weighted by atomic mass is 32.2. The summed E-state index contributed by atoms with van der Waals surface area (Å²) in [5, 5.41) is 11.5. The molecule has 3 heterocycles. The lowest BCUT2D eigenvalue weighted by atomic mass is 9.95. The molecular formula is C30H34N6O5S. The van der Waals surface area contributed by atoms with Gasteiger partial charge in [-0.15, -0.1) is 5.10 Å². The van der Waals surface area contributed by atoms with Crippen molar-refractivity contribution in [3.63, 3.8) is 0 Å². The first-order valence-corrected chi connectivity index (χ1v) is 15.9. The Bertz CT molecular complexity index is 1640. The van der Waals surface area contributed by atoms with E-state index in [-0.39, 0.29) is 23.4 Å². The number of carbonyl (C=O) groups excluding carboxylic acids is 2. The highest BCUT2D eigenvalue weighted by Gasteiger charge is 2.37. The van der Waals surface area contributed by atoms with E-state index in [4.69, 9.17) is 4.42 Å². The molecule has 4 aromatic rings. The van der Waals surface area contributed by atoms with Crippen LogP contribution in [0.25, 0.3) is 11.0 Å². The molecule has 2 aromatic heterocycles. The van der Waals surface area contributed by atoms with E-state index in [0.29, 0.717) is 35.6 Å². The average molecular weight is 591 g/mol. The van der Waals surface area contributed by atoms with Crippen molar-refractivity contribution in [2.75, 3.05) is 18.0 Å². The second-order valence-corrected chi connectivity index (χ2v) is 12.8. The van der Waals surface area contributed by atoms with Crippen molar-refractivity contribution in [3.05, 3.63) is 72.7 Å². The van der Waals surface area contributed by atoms with E-state index in [9.17, 15) is 18.0 Å². The van der Waals surface area contributed by atoms with E-state index in [2.05, 4.69) is 15.6 Å². The molecule has 42 heavy (non-hydrogen) atoms. The summed E-state index contributed by atoms with van der Waals surface area (Å²) in [5.41, 5.74) is 1.69. The smallest absolute Gasteiger partial charge is 0.251 e. The third kappa shape index (κ3) is 5.68. The van der Waals surface area contributed by atoms with Crippen LogP contribution in [0.1, 0.15) is 56.7 Å². The van der Waals surface area contributed by atoms with Gasteiger partial charge in [-0.25, -0.2) is 13.1 Å². The first kappa shape index (κ1) is 28.1. The van der Waals surface area contributed by atoms with E-state index in [1.54, 1.807) is 24.3 Å². The van der Waals surface area contributed by atoms with Crippen molar-refractivity contribution in [1.82, 2.24) is 24.6 Å². The number of para-hydroxylation sites is 1. The van der Waals surface area contributed by atoms with Crippen LogP contribution in [0.2, 0.25) is 0 Å². The number of furan rings is 1. The Kier molecular flexibility index (Phi) is 8.07. The number of aromatic nitrogens is 3. The van der Waals surface area contributed by atoms with E-state index >= 15 is 0 Å². The third-order valence-corrected chi connectivity index (χ3v) is 9.98. The number of benzene rings is 2. The van der Waals surface area contributed by atoms with Crippen LogP contribution in [0.5, 0.6) is 0 Å². The molecule has 2 fully saturated rings. The van der Waals surface area contributed by atoms with Gasteiger partial charge in [0.25, 0.3) is 5.91 Å². The van der Waals surface area contributed by atoms with E-state index in [1.807, 2.05) is 24.3 Å². The summed E-state index contributed by atoms with van der Waals surface area (Å²) in [4.78, 5) is 29.6. The molecule has 2 amide bonds. The summed E-state index contributed by atoms with van der Waals surface area (Å²) in [7, 11) is -3.66. The summed E-state index contributed by atoms with van der Waals surface area (Å²) in [5.74, 6) is -0.489. The fourth-order valence-corrected chi connectivity index (χ4v) is 7.40. The molecule has 0 spiro atoms. The molecule has 1 atom stereocenters. The van der Waals surface area contributed by atoms with Crippen LogP contribution in [0, 0.1) is 0 Å². The number of amides is 2. The molecule has 0 unspecified atom stereocenters. The largest absolute Gasteiger partial charge is 0.467 e. The van der Waals surface area contributed by atoms with Gasteiger partial charge in [-0.3, -0.25) is 14.5 Å². The normalized spacial score (nSPS) is 17.3. The first-order valence-electron chi connectivity index (χ1n) is 14.5. The number of carbonyl (C=O) groups is 2. The van der Waals surface area contributed by atoms with Crippen molar-refractivity contribution in [2.24, 2.45) is 0 Å². The fourth-order valence-electron chi connectivity index (χ4n) is 5.88. The monoisotopic (exact) mass is 590 g/mol. The Morgan fingerprint density at radius 3 is 2.40 bits per heavy atom. The number of anilines is 1. The second kappa shape index (κ2) is 12.1. The summed E-state index contributed by atoms with van der Waals surface area (Å²) in [6, 6.07) is 15.7. The molecule has 220 valence electrons. The number of hydrogen-bond donors (Lipinski definition) is 1. The molecule has 2 aliphatic rings. The molecule has 1 N–H and O–H groups in total. The van der Waals surface area contributed by atoms with Crippen LogP contribution in [-0.2, 0) is 26.2 Å². The summed E-state index contributed by atoms with van der Waals surface area (Å²) in [6.45, 7) is 0.785. The molecule has 1 aliphatic heterocycles. The van der Waals surface area contributed by atoms with E-state index < -0.39 is 22.0 Å². The number of nitrogens with zero attached hydrogens (tertiary/aromatic N) is 5. The Labute approximate surface area is 244 Å². The van der Waals surface area contributed by atoms with Crippen molar-refractivity contribution >= 4 is 38.6 Å². The quantitative estimate of drug-likeness (QED) is 0.311. The van der Waals surface area contributed by atoms with Gasteiger partial charge in [0.05, 0.1) is 16.7 Å². The predicted molar refractivity (Wildman–Crippen MR) is 156 cm³/mol. The minimum atomic E-state index is -3.66. The summed E-state index contributed by atoms with van der Waals surface area (Å²) >= 11 is 0. The zero-order valence-electron chi connectivity index (χ0n) is 23.3. The van der Waals surface area contributed by atoms with Gasteiger partial charge in [-0.1, -0.05) is 36.6 Å². The van der Waals surface area contributed by atoms with Gasteiger partial charge in [0.1, 0.15) is 17.8 Å². The fraction of sp³-hybridized carbons (Fsp3) is 0.400. The molecule has 1 saturated carbocycles. The Morgan fingerprint density at radius 2 is 1.69 bits per heavy atom. The van der Waals surface area contributed by atoms with Gasteiger partial charge in [-0.2, -0.15) is 4.31 Å². The van der Waals surface area contributed by atoms with Crippen molar-refractivity contribution in [2.45, 2.75) is 68.5 Å². The van der Waals surface area contributed by atoms with Crippen LogP contribution in [0.4, 0.5) is 5.69 Å². The lowest BCUT2D eigenvalue weighted by molar-refractivity contribution is -0.128. The van der Waals surface area contributed by atoms with Crippen LogP contribution >= 0.6 is 0 Å². The van der Waals surface area contributed by atoms with Gasteiger partial charge < -0.3 is 9.73 Å². The lowest BCUT2D eigenvalue weighted by Gasteiger charge is -2.32. The number of rotatable bonds is 9. The summed E-state index contributed by atoms with van der Waals surface area (Å²) in [6.07, 6.45) is 8.08. The molecule has 1 saturated heterocycles. The van der Waals surface area contributed by atoms with E-state index in [1.165, 1.54) is 32.3 Å². The highest BCUT2D eigenvalue weighted by molar-refractivity contribution is 7.89. The Hall–Kier alpha value is -4.03. The van der Waals surface area contributed by atoms with Crippen LogP contribution < -0.4 is 10.2 Å². The predicted octanol–water partition coefficient (Wildman–Crippen LogP) is 4.03. The van der Waals surface area contributed by atoms with Gasteiger partial charge in [0.15, 0.2) is 6.04 Å². The first-order chi connectivity index (χ1) is 20.4. The van der Waals surface area contributed by atoms with Gasteiger partial charge in [-0.05, 0) is 74.2 Å². The summed E-state index contributed by atoms with van der Waals surface area (Å²) < 4.78 is 35.1. The highest BCUT2D eigenvalue weighted by Crippen LogP contribution is 2.32. The molecule has 1 aliphatic carbocycles. The average Bonchev–Trinajstić information content (AvgIpc) is 3.80. The molecule has 11 nitrogen and oxygen atoms in total. The Balaban J connectivity index is 1.38. The van der Waals surface area contributed by atoms with Crippen molar-refractivity contribution in [3.8, 4) is 0 Å².